The average Bonchev–Trinajstić information content (AvgIpc) is 2.27. The van der Waals surface area contributed by atoms with E-state index >= 15 is 0 Å². The van der Waals surface area contributed by atoms with Gasteiger partial charge in [-0.15, -0.1) is 0 Å². The zero-order valence-electron chi connectivity index (χ0n) is 8.31. The number of esters is 1. The zero-order chi connectivity index (χ0) is 13.0. The van der Waals surface area contributed by atoms with Crippen molar-refractivity contribution in [3.05, 3.63) is 25.9 Å². The highest BCUT2D eigenvalue weighted by atomic mass is 127. The first-order valence-corrected chi connectivity index (χ1v) is 8.74. The number of hydrogen-bond donors (Lipinski definition) is 0. The molecule has 1 aromatic rings. The Hall–Kier alpha value is 1.28. The smallest absolute Gasteiger partial charge is 0.340 e. The summed E-state index contributed by atoms with van der Waals surface area (Å²) in [4.78, 5) is 22.1. The molecule has 0 aromatic heterocycles. The van der Waals surface area contributed by atoms with Crippen molar-refractivity contribution in [2.24, 2.45) is 0 Å². The fourth-order valence-corrected chi connectivity index (χ4v) is 4.59. The molecule has 0 aliphatic rings. The molecule has 1 aromatic carbocycles. The van der Waals surface area contributed by atoms with Gasteiger partial charge in [-0.3, -0.25) is 0 Å². The Bertz CT molecular complexity index is 433. The minimum atomic E-state index is -0.364. The quantitative estimate of drug-likeness (QED) is 0.160. The Labute approximate surface area is 153 Å². The van der Waals surface area contributed by atoms with E-state index in [4.69, 9.17) is 4.74 Å². The minimum Gasteiger partial charge on any atom is -0.462 e. The second kappa shape index (κ2) is 7.77. The summed E-state index contributed by atoms with van der Waals surface area (Å²) in [5.41, 5.74) is 0.591. The third-order valence-corrected chi connectivity index (χ3v) is 7.79. The summed E-state index contributed by atoms with van der Waals surface area (Å²) < 4.78 is 8.89. The van der Waals surface area contributed by atoms with Gasteiger partial charge in [0.15, 0.2) is 0 Å². The average molecular weight is 682 g/mol. The van der Waals surface area contributed by atoms with Crippen LogP contribution in [0.25, 0.3) is 0 Å². The number of hydrogen-bond acceptors (Lipinski definition) is 3. The van der Waals surface area contributed by atoms with Crippen LogP contribution in [0.4, 0.5) is 0 Å². The maximum absolute atomic E-state index is 11.9. The molecule has 0 unspecified atom stereocenters. The predicted molar refractivity (Wildman–Crippen MR) is 98.3 cm³/mol. The maximum atomic E-state index is 11.9. The summed E-state index contributed by atoms with van der Waals surface area (Å²) in [7, 11) is 0. The molecule has 0 aliphatic carbocycles. The van der Waals surface area contributed by atoms with Crippen LogP contribution in [0.15, 0.2) is 6.07 Å². The van der Waals surface area contributed by atoms with Gasteiger partial charge >= 0.3 is 5.97 Å². The van der Waals surface area contributed by atoms with Gasteiger partial charge in [0.05, 0.1) is 12.2 Å². The fraction of sp³-hybridized carbons (Fsp3) is 0.200. The third kappa shape index (κ3) is 4.40. The van der Waals surface area contributed by atoms with E-state index in [1.165, 1.54) is 0 Å². The maximum Gasteiger partial charge on any atom is 0.340 e. The molecular formula is C10H6I4O3. The van der Waals surface area contributed by atoms with Crippen LogP contribution in [0.5, 0.6) is 0 Å². The van der Waals surface area contributed by atoms with Crippen LogP contribution in [0, 0.1) is 14.3 Å². The summed E-state index contributed by atoms with van der Waals surface area (Å²) >= 11 is 8.66. The van der Waals surface area contributed by atoms with Crippen molar-refractivity contribution in [1.29, 1.82) is 0 Å². The molecule has 0 aliphatic heterocycles. The van der Waals surface area contributed by atoms with Crippen molar-refractivity contribution in [1.82, 2.24) is 0 Å². The summed E-state index contributed by atoms with van der Waals surface area (Å²) in [5, 5.41) is 0. The SMILES string of the molecule is O=CCCOC(=O)c1c(I)c(I)cc(I)c1I. The van der Waals surface area contributed by atoms with Gasteiger partial charge in [-0.2, -0.15) is 0 Å². The largest absolute Gasteiger partial charge is 0.462 e. The summed E-state index contributed by atoms with van der Waals surface area (Å²) in [6, 6.07) is 2.02. The molecular weight excluding hydrogens is 676 g/mol. The highest BCUT2D eigenvalue weighted by Gasteiger charge is 2.20. The predicted octanol–water partition coefficient (Wildman–Crippen LogP) is 3.85. The Kier molecular flexibility index (Phi) is 7.46. The van der Waals surface area contributed by atoms with Gasteiger partial charge in [-0.25, -0.2) is 4.79 Å². The lowest BCUT2D eigenvalue weighted by molar-refractivity contribution is -0.108. The van der Waals surface area contributed by atoms with Crippen LogP contribution in [-0.4, -0.2) is 18.9 Å². The number of benzene rings is 1. The molecule has 0 heterocycles. The van der Waals surface area contributed by atoms with Gasteiger partial charge in [0, 0.05) is 20.7 Å². The van der Waals surface area contributed by atoms with Gasteiger partial charge in [-0.1, -0.05) is 0 Å². The molecule has 0 N–H and O–H groups in total. The molecule has 17 heavy (non-hydrogen) atoms. The van der Waals surface area contributed by atoms with Gasteiger partial charge < -0.3 is 9.53 Å². The first-order chi connectivity index (χ1) is 7.99. The number of ether oxygens (including phenoxy) is 1. The van der Waals surface area contributed by atoms with E-state index in [1.54, 1.807) is 0 Å². The van der Waals surface area contributed by atoms with Crippen molar-refractivity contribution in [3.63, 3.8) is 0 Å². The van der Waals surface area contributed by atoms with Crippen LogP contribution < -0.4 is 0 Å². The Balaban J connectivity index is 3.04. The molecule has 0 radical (unpaired) electrons. The van der Waals surface area contributed by atoms with Crippen LogP contribution in [-0.2, 0) is 9.53 Å². The third-order valence-electron chi connectivity index (χ3n) is 1.78. The first kappa shape index (κ1) is 16.3. The lowest BCUT2D eigenvalue weighted by Crippen LogP contribution is -2.12. The molecule has 0 spiro atoms. The van der Waals surface area contributed by atoms with Crippen LogP contribution in [0.2, 0.25) is 0 Å². The molecule has 3 nitrogen and oxygen atoms in total. The molecule has 0 atom stereocenters. The standard InChI is InChI=1S/C10H6I4O3/c11-5-4-6(12)9(14)7(8(5)13)10(16)17-3-1-2-15/h2,4H,1,3H2. The fourth-order valence-electron chi connectivity index (χ4n) is 1.02. The van der Waals surface area contributed by atoms with Crippen LogP contribution in [0.1, 0.15) is 16.8 Å². The lowest BCUT2D eigenvalue weighted by atomic mass is 10.2. The van der Waals surface area contributed by atoms with Gasteiger partial charge in [0.25, 0.3) is 0 Å². The summed E-state index contributed by atoms with van der Waals surface area (Å²) in [6.45, 7) is 0.135. The second-order valence-corrected chi connectivity index (χ2v) is 7.42. The van der Waals surface area contributed by atoms with E-state index in [-0.39, 0.29) is 19.0 Å². The Morgan fingerprint density at radius 2 is 1.71 bits per heavy atom. The van der Waals surface area contributed by atoms with E-state index in [2.05, 4.69) is 90.4 Å². The Morgan fingerprint density at radius 1 is 1.18 bits per heavy atom. The van der Waals surface area contributed by atoms with E-state index in [9.17, 15) is 9.59 Å². The molecule has 0 amide bonds. The first-order valence-electron chi connectivity index (χ1n) is 4.42. The lowest BCUT2D eigenvalue weighted by Gasteiger charge is -2.10. The Morgan fingerprint density at radius 3 is 2.18 bits per heavy atom. The topological polar surface area (TPSA) is 43.4 Å². The van der Waals surface area contributed by atoms with Crippen molar-refractivity contribution in [2.45, 2.75) is 6.42 Å². The number of rotatable bonds is 4. The normalized spacial score (nSPS) is 10.1. The summed E-state index contributed by atoms with van der Waals surface area (Å²) in [6.07, 6.45) is 0.974. The van der Waals surface area contributed by atoms with Crippen LogP contribution in [0.3, 0.4) is 0 Å². The number of carbonyl (C=O) groups excluding carboxylic acids is 2. The molecule has 1 rings (SSSR count). The number of halogens is 4. The van der Waals surface area contributed by atoms with Gasteiger partial charge in [0.2, 0.25) is 0 Å². The molecule has 0 saturated carbocycles. The van der Waals surface area contributed by atoms with Gasteiger partial charge in [-0.05, 0) is 96.4 Å². The molecule has 7 heteroatoms. The van der Waals surface area contributed by atoms with E-state index in [0.29, 0.717) is 5.56 Å². The monoisotopic (exact) mass is 682 g/mol. The number of carbonyl (C=O) groups is 2. The van der Waals surface area contributed by atoms with Gasteiger partial charge in [0.1, 0.15) is 6.29 Å². The highest BCUT2D eigenvalue weighted by Crippen LogP contribution is 2.29. The summed E-state index contributed by atoms with van der Waals surface area (Å²) in [5.74, 6) is -0.364. The minimum absolute atomic E-state index is 0.135. The number of aldehydes is 1. The highest BCUT2D eigenvalue weighted by molar-refractivity contribution is 14.1. The van der Waals surface area contributed by atoms with E-state index in [0.717, 1.165) is 20.6 Å². The van der Waals surface area contributed by atoms with E-state index < -0.39 is 0 Å². The van der Waals surface area contributed by atoms with Crippen LogP contribution >= 0.6 is 90.4 Å². The van der Waals surface area contributed by atoms with Crippen molar-refractivity contribution >= 4 is 103 Å². The molecule has 92 valence electrons. The van der Waals surface area contributed by atoms with Crippen molar-refractivity contribution < 1.29 is 14.3 Å². The zero-order valence-corrected chi connectivity index (χ0v) is 16.9. The molecule has 0 bridgehead atoms. The van der Waals surface area contributed by atoms with E-state index in [1.807, 2.05) is 6.07 Å². The second-order valence-electron chi connectivity index (χ2n) is 2.93. The molecule has 0 fully saturated rings. The van der Waals surface area contributed by atoms with Crippen molar-refractivity contribution in [2.75, 3.05) is 6.61 Å². The molecule has 0 saturated heterocycles. The van der Waals surface area contributed by atoms with Crippen molar-refractivity contribution in [3.8, 4) is 0 Å².